The summed E-state index contributed by atoms with van der Waals surface area (Å²) in [6, 6.07) is 17.7. The van der Waals surface area contributed by atoms with E-state index in [1.54, 1.807) is 31.4 Å². The molecule has 19 heteroatoms. The lowest BCUT2D eigenvalue weighted by molar-refractivity contribution is -0.141. The zero-order chi connectivity index (χ0) is 42.1. The zero-order valence-corrected chi connectivity index (χ0v) is 33.0. The van der Waals surface area contributed by atoms with Crippen molar-refractivity contribution in [2.24, 2.45) is 0 Å². The summed E-state index contributed by atoms with van der Waals surface area (Å²) in [5.41, 5.74) is 5.36. The minimum atomic E-state index is -4.82. The molecule has 0 spiro atoms. The number of piperidine rings is 1. The number of methoxy groups -OCH3 is 1. The van der Waals surface area contributed by atoms with Crippen molar-refractivity contribution in [2.45, 2.75) is 37.6 Å². The number of nitrogen functional groups attached to an aromatic ring is 1. The van der Waals surface area contributed by atoms with E-state index in [2.05, 4.69) is 10.1 Å². The standard InChI is InChI=1S/C40H45ClF3N7O8/c1-56-19-20-57-21-22-58-37(53)28-7-9-29(10-8-28)48-15-17-49(18-16-48)36(52)33(25-26-23-31(40(42,43)44)34(45)32(41)24-26)59-39(55)50-13-11-30(12-14-50)51-38(54)46-35(47-51)27-5-3-2-4-6-27/h2-10,23-24,30,33H,11-22,25,45H2,1H3,(H,46,47,54)/t33-/m1/s1. The predicted molar refractivity (Wildman–Crippen MR) is 211 cm³/mol. The summed E-state index contributed by atoms with van der Waals surface area (Å²) < 4.78 is 64.3. The Hall–Kier alpha value is -5.59. The third-order valence-corrected chi connectivity index (χ3v) is 10.5. The molecule has 15 nitrogen and oxygen atoms in total. The highest BCUT2D eigenvalue weighted by Crippen LogP contribution is 2.38. The zero-order valence-electron chi connectivity index (χ0n) is 32.3. The number of hydrogen-bond donors (Lipinski definition) is 2. The monoisotopic (exact) mass is 843 g/mol. The van der Waals surface area contributed by atoms with Crippen LogP contribution in [0.5, 0.6) is 0 Å². The van der Waals surface area contributed by atoms with Crippen LogP contribution in [0, 0.1) is 0 Å². The van der Waals surface area contributed by atoms with Crippen molar-refractivity contribution in [2.75, 3.05) is 83.4 Å². The molecule has 0 unspecified atom stereocenters. The molecule has 2 saturated heterocycles. The molecule has 3 aromatic carbocycles. The van der Waals surface area contributed by atoms with Gasteiger partial charge in [-0.15, -0.1) is 5.10 Å². The molecule has 0 bridgehead atoms. The van der Waals surface area contributed by atoms with Gasteiger partial charge < -0.3 is 39.4 Å². The van der Waals surface area contributed by atoms with E-state index < -0.39 is 47.9 Å². The van der Waals surface area contributed by atoms with Gasteiger partial charge in [-0.1, -0.05) is 41.9 Å². The van der Waals surface area contributed by atoms with E-state index in [-0.39, 0.29) is 61.7 Å². The summed E-state index contributed by atoms with van der Waals surface area (Å²) in [5, 5.41) is 4.12. The molecule has 1 atom stereocenters. The van der Waals surface area contributed by atoms with Gasteiger partial charge in [0.05, 0.1) is 47.7 Å². The number of likely N-dealkylation sites (tertiary alicyclic amines) is 1. The molecule has 2 aliphatic heterocycles. The van der Waals surface area contributed by atoms with E-state index in [1.165, 1.54) is 20.5 Å². The number of nitrogens with one attached hydrogen (secondary N) is 1. The van der Waals surface area contributed by atoms with Crippen molar-refractivity contribution >= 4 is 40.9 Å². The average Bonchev–Trinajstić information content (AvgIpc) is 3.64. The molecule has 0 saturated carbocycles. The van der Waals surface area contributed by atoms with Gasteiger partial charge in [-0.2, -0.15) is 13.2 Å². The number of rotatable bonds is 14. The van der Waals surface area contributed by atoms with Gasteiger partial charge in [0.2, 0.25) is 0 Å². The van der Waals surface area contributed by atoms with E-state index in [9.17, 15) is 32.3 Å². The van der Waals surface area contributed by atoms with Crippen LogP contribution in [-0.2, 0) is 36.3 Å². The fraction of sp³-hybridized carbons (Fsp3) is 0.425. The Labute approximate surface area is 342 Å². The highest BCUT2D eigenvalue weighted by Gasteiger charge is 2.37. The topological polar surface area (TPSA) is 175 Å². The van der Waals surface area contributed by atoms with Crippen LogP contribution in [0.3, 0.4) is 0 Å². The Balaban J connectivity index is 1.09. The van der Waals surface area contributed by atoms with Crippen molar-refractivity contribution in [1.29, 1.82) is 0 Å². The van der Waals surface area contributed by atoms with Crippen LogP contribution < -0.4 is 16.3 Å². The number of nitrogens with zero attached hydrogens (tertiary/aromatic N) is 5. The molecule has 4 aromatic rings. The fourth-order valence-corrected chi connectivity index (χ4v) is 7.18. The van der Waals surface area contributed by atoms with Crippen molar-refractivity contribution in [3.05, 3.63) is 98.9 Å². The summed E-state index contributed by atoms with van der Waals surface area (Å²) in [6.45, 7) is 2.70. The van der Waals surface area contributed by atoms with Gasteiger partial charge in [-0.05, 0) is 54.8 Å². The number of alkyl halides is 3. The van der Waals surface area contributed by atoms with Gasteiger partial charge in [-0.3, -0.25) is 9.78 Å². The predicted octanol–water partition coefficient (Wildman–Crippen LogP) is 5.05. The second-order valence-electron chi connectivity index (χ2n) is 14.0. The van der Waals surface area contributed by atoms with Crippen molar-refractivity contribution < 1.29 is 46.5 Å². The largest absolute Gasteiger partial charge is 0.460 e. The molecule has 59 heavy (non-hydrogen) atoms. The molecule has 3 heterocycles. The summed E-state index contributed by atoms with van der Waals surface area (Å²) in [6.07, 6.45) is -6.81. The quantitative estimate of drug-likeness (QED) is 0.0989. The number of anilines is 2. The number of piperazine rings is 1. The first kappa shape index (κ1) is 43.0. The summed E-state index contributed by atoms with van der Waals surface area (Å²) >= 11 is 6.11. The molecule has 1 aromatic heterocycles. The van der Waals surface area contributed by atoms with E-state index in [4.69, 9.17) is 36.3 Å². The molecule has 6 rings (SSSR count). The van der Waals surface area contributed by atoms with E-state index in [1.807, 2.05) is 35.2 Å². The lowest BCUT2D eigenvalue weighted by atomic mass is 10.0. The lowest BCUT2D eigenvalue weighted by Gasteiger charge is -2.38. The van der Waals surface area contributed by atoms with E-state index >= 15 is 0 Å². The number of halogens is 4. The summed E-state index contributed by atoms with van der Waals surface area (Å²) in [7, 11) is 1.56. The number of carbonyl (C=O) groups excluding carboxylic acids is 3. The number of esters is 1. The maximum Gasteiger partial charge on any atom is 0.418 e. The van der Waals surface area contributed by atoms with Crippen LogP contribution >= 0.6 is 11.6 Å². The number of amides is 2. The number of carbonyl (C=O) groups is 3. The first-order valence-corrected chi connectivity index (χ1v) is 19.4. The first-order chi connectivity index (χ1) is 28.3. The fourth-order valence-electron chi connectivity index (χ4n) is 6.94. The average molecular weight is 844 g/mol. The minimum absolute atomic E-state index is 0.00406. The van der Waals surface area contributed by atoms with Gasteiger partial charge in [0.1, 0.15) is 6.61 Å². The third kappa shape index (κ3) is 10.9. The molecule has 2 aliphatic rings. The Morgan fingerprint density at radius 2 is 1.59 bits per heavy atom. The number of aromatic nitrogens is 3. The number of nitrogens with two attached hydrogens (primary N) is 1. The minimum Gasteiger partial charge on any atom is -0.460 e. The highest BCUT2D eigenvalue weighted by molar-refractivity contribution is 6.33. The smallest absolute Gasteiger partial charge is 0.418 e. The van der Waals surface area contributed by atoms with Crippen LogP contribution in [0.4, 0.5) is 29.3 Å². The molecule has 3 N–H and O–H groups in total. The summed E-state index contributed by atoms with van der Waals surface area (Å²) in [5.74, 6) is -0.666. The van der Waals surface area contributed by atoms with Gasteiger partial charge >= 0.3 is 23.9 Å². The normalized spacial score (nSPS) is 15.6. The van der Waals surface area contributed by atoms with Crippen molar-refractivity contribution in [1.82, 2.24) is 24.6 Å². The van der Waals surface area contributed by atoms with Crippen LogP contribution in [-0.4, -0.2) is 121 Å². The SMILES string of the molecule is COCCOCCOC(=O)c1ccc(N2CCN(C(=O)[C@@H](Cc3cc(Cl)c(N)c(C(F)(F)F)c3)OC(=O)N3CCC(n4nc(-c5ccccc5)[nH]c4=O)CC3)CC2)cc1. The van der Waals surface area contributed by atoms with Gasteiger partial charge in [0.15, 0.2) is 11.9 Å². The van der Waals surface area contributed by atoms with Crippen LogP contribution in [0.2, 0.25) is 5.02 Å². The maximum atomic E-state index is 14.1. The highest BCUT2D eigenvalue weighted by atomic mass is 35.5. The van der Waals surface area contributed by atoms with Gasteiger partial charge in [0, 0.05) is 64.0 Å². The van der Waals surface area contributed by atoms with E-state index in [0.717, 1.165) is 17.3 Å². The number of hydrogen-bond acceptors (Lipinski definition) is 11. The third-order valence-electron chi connectivity index (χ3n) is 10.1. The molecule has 2 amide bonds. The molecule has 2 fully saturated rings. The van der Waals surface area contributed by atoms with Crippen LogP contribution in [0.15, 0.2) is 71.5 Å². The summed E-state index contributed by atoms with van der Waals surface area (Å²) in [4.78, 5) is 60.6. The first-order valence-electron chi connectivity index (χ1n) is 19.0. The maximum absolute atomic E-state index is 14.1. The Bertz CT molecular complexity index is 2120. The van der Waals surface area contributed by atoms with Gasteiger partial charge in [-0.25, -0.2) is 19.1 Å². The second-order valence-corrected chi connectivity index (χ2v) is 14.4. The number of aromatic amines is 1. The molecule has 0 aliphatic carbocycles. The Morgan fingerprint density at radius 1 is 0.915 bits per heavy atom. The number of ether oxygens (including phenoxy) is 4. The van der Waals surface area contributed by atoms with Gasteiger partial charge in [0.25, 0.3) is 5.91 Å². The molecule has 0 radical (unpaired) electrons. The van der Waals surface area contributed by atoms with Crippen molar-refractivity contribution in [3.8, 4) is 11.4 Å². The molecule has 316 valence electrons. The molecular formula is C40H45ClF3N7O8. The van der Waals surface area contributed by atoms with Crippen LogP contribution in [0.1, 0.15) is 40.4 Å². The van der Waals surface area contributed by atoms with Crippen LogP contribution in [0.25, 0.3) is 11.4 Å². The second kappa shape index (κ2) is 19.4. The number of benzene rings is 3. The van der Waals surface area contributed by atoms with E-state index in [0.29, 0.717) is 50.5 Å². The number of H-pyrrole nitrogens is 1. The van der Waals surface area contributed by atoms with Crippen molar-refractivity contribution in [3.63, 3.8) is 0 Å². The Morgan fingerprint density at radius 3 is 2.25 bits per heavy atom. The Kier molecular flexibility index (Phi) is 14.2. The molecular weight excluding hydrogens is 799 g/mol. The lowest BCUT2D eigenvalue weighted by Crippen LogP contribution is -2.53.